The number of rotatable bonds is 9. The molecule has 3 heterocycles. The fourth-order valence-electron chi connectivity index (χ4n) is 3.40. The first kappa shape index (κ1) is 27.2. The first-order valence-electron chi connectivity index (χ1n) is 11.1. The predicted molar refractivity (Wildman–Crippen MR) is 127 cm³/mol. The number of imidazole rings is 1. The van der Waals surface area contributed by atoms with Crippen LogP contribution in [0.4, 0.5) is 0 Å². The molecule has 0 aromatic carbocycles. The average molecular weight is 483 g/mol. The molecule has 11 heteroatoms. The second-order valence-electron chi connectivity index (χ2n) is 8.61. The van der Waals surface area contributed by atoms with Crippen LogP contribution in [0.1, 0.15) is 33.1 Å². The van der Waals surface area contributed by atoms with Gasteiger partial charge in [-0.15, -0.1) is 0 Å². The Labute approximate surface area is 203 Å². The van der Waals surface area contributed by atoms with Crippen LogP contribution in [0.25, 0.3) is 11.3 Å². The molecule has 0 aliphatic carbocycles. The van der Waals surface area contributed by atoms with Crippen molar-refractivity contribution in [3.8, 4) is 17.3 Å². The van der Waals surface area contributed by atoms with Gasteiger partial charge in [-0.25, -0.2) is 14.6 Å². The first-order chi connectivity index (χ1) is 16.6. The number of carboxylic acids is 2. The van der Waals surface area contributed by atoms with Gasteiger partial charge in [-0.3, -0.25) is 9.78 Å². The van der Waals surface area contributed by atoms with Crippen molar-refractivity contribution in [3.63, 3.8) is 0 Å². The van der Waals surface area contributed by atoms with Gasteiger partial charge >= 0.3 is 11.9 Å². The SMILES string of the molecule is CC(C)(CCn1cnc(-c2cccnc2)c1)NCC(=O)N1CCC[C@H]1C#N.O=C(O)C=CC(=O)O. The molecular formula is C24H30N6O5. The number of pyridine rings is 1. The number of hydrogen-bond donors (Lipinski definition) is 3. The number of aryl methyl sites for hydroxylation is 1. The molecule has 186 valence electrons. The number of carbonyl (C=O) groups is 3. The van der Waals surface area contributed by atoms with Crippen LogP contribution in [0.15, 0.2) is 49.2 Å². The molecule has 11 nitrogen and oxygen atoms in total. The molecule has 2 aromatic rings. The monoisotopic (exact) mass is 482 g/mol. The largest absolute Gasteiger partial charge is 0.478 e. The van der Waals surface area contributed by atoms with Gasteiger partial charge in [0.2, 0.25) is 5.91 Å². The molecule has 0 saturated carbocycles. The van der Waals surface area contributed by atoms with Crippen LogP contribution in [0.3, 0.4) is 0 Å². The summed E-state index contributed by atoms with van der Waals surface area (Å²) in [4.78, 5) is 41.8. The van der Waals surface area contributed by atoms with E-state index < -0.39 is 11.9 Å². The van der Waals surface area contributed by atoms with Crippen LogP contribution in [0.2, 0.25) is 0 Å². The smallest absolute Gasteiger partial charge is 0.328 e. The molecule has 0 unspecified atom stereocenters. The highest BCUT2D eigenvalue weighted by molar-refractivity contribution is 5.89. The zero-order valence-corrected chi connectivity index (χ0v) is 19.8. The van der Waals surface area contributed by atoms with E-state index in [1.165, 1.54) is 0 Å². The van der Waals surface area contributed by atoms with E-state index in [1.807, 2.05) is 24.7 Å². The van der Waals surface area contributed by atoms with Crippen LogP contribution < -0.4 is 5.32 Å². The fraction of sp³-hybridized carbons (Fsp3) is 0.417. The van der Waals surface area contributed by atoms with E-state index in [-0.39, 0.29) is 24.0 Å². The fourth-order valence-corrected chi connectivity index (χ4v) is 3.40. The van der Waals surface area contributed by atoms with E-state index in [2.05, 4.69) is 39.8 Å². The summed E-state index contributed by atoms with van der Waals surface area (Å²) in [6.07, 6.45) is 11.0. The second-order valence-corrected chi connectivity index (χ2v) is 8.61. The van der Waals surface area contributed by atoms with Crippen molar-refractivity contribution < 1.29 is 24.6 Å². The minimum Gasteiger partial charge on any atom is -0.478 e. The number of carbonyl (C=O) groups excluding carboxylic acids is 1. The minimum absolute atomic E-state index is 0.00798. The molecule has 1 fully saturated rings. The Hall–Kier alpha value is -4.04. The molecule has 3 N–H and O–H groups in total. The zero-order chi connectivity index (χ0) is 25.8. The summed E-state index contributed by atoms with van der Waals surface area (Å²) in [5.41, 5.74) is 1.70. The Bertz CT molecular complexity index is 1060. The van der Waals surface area contributed by atoms with Gasteiger partial charge in [-0.05, 0) is 45.2 Å². The van der Waals surface area contributed by atoms with Crippen molar-refractivity contribution in [1.82, 2.24) is 24.8 Å². The first-order valence-corrected chi connectivity index (χ1v) is 11.1. The van der Waals surface area contributed by atoms with Gasteiger partial charge in [0.25, 0.3) is 0 Å². The van der Waals surface area contributed by atoms with Gasteiger partial charge in [-0.1, -0.05) is 0 Å². The van der Waals surface area contributed by atoms with Crippen molar-refractivity contribution in [2.75, 3.05) is 13.1 Å². The quantitative estimate of drug-likeness (QED) is 0.453. The molecule has 1 atom stereocenters. The highest BCUT2D eigenvalue weighted by atomic mass is 16.4. The Morgan fingerprint density at radius 1 is 1.29 bits per heavy atom. The second kappa shape index (κ2) is 13.0. The number of nitrogens with zero attached hydrogens (tertiary/aromatic N) is 5. The summed E-state index contributed by atoms with van der Waals surface area (Å²) < 4.78 is 2.06. The molecule has 1 saturated heterocycles. The lowest BCUT2D eigenvalue weighted by molar-refractivity contribution is -0.134. The summed E-state index contributed by atoms with van der Waals surface area (Å²) >= 11 is 0. The van der Waals surface area contributed by atoms with E-state index in [4.69, 9.17) is 15.5 Å². The molecule has 0 radical (unpaired) electrons. The van der Waals surface area contributed by atoms with Gasteiger partial charge in [0.1, 0.15) is 6.04 Å². The van der Waals surface area contributed by atoms with E-state index in [0.717, 1.165) is 37.1 Å². The Kier molecular flexibility index (Phi) is 10.1. The molecular weight excluding hydrogens is 452 g/mol. The average Bonchev–Trinajstić information content (AvgIpc) is 3.51. The summed E-state index contributed by atoms with van der Waals surface area (Å²) in [6, 6.07) is 5.84. The topological polar surface area (TPSA) is 161 Å². The molecule has 1 aliphatic heterocycles. The summed E-state index contributed by atoms with van der Waals surface area (Å²) in [6.45, 7) is 5.92. The number of aromatic nitrogens is 3. The number of likely N-dealkylation sites (tertiary alicyclic amines) is 1. The lowest BCUT2D eigenvalue weighted by Gasteiger charge is -2.28. The third-order valence-electron chi connectivity index (χ3n) is 5.39. The third kappa shape index (κ3) is 9.38. The van der Waals surface area contributed by atoms with Crippen LogP contribution in [-0.2, 0) is 20.9 Å². The maximum atomic E-state index is 12.4. The Balaban J connectivity index is 0.000000466. The molecule has 0 bridgehead atoms. The zero-order valence-electron chi connectivity index (χ0n) is 19.8. The van der Waals surface area contributed by atoms with Crippen molar-refractivity contribution >= 4 is 17.8 Å². The lowest BCUT2D eigenvalue weighted by Crippen LogP contribution is -2.47. The maximum Gasteiger partial charge on any atom is 0.328 e. The standard InChI is InChI=1S/C20H26N6O.C4H4O4/c1-20(2,24-13-19(27)26-9-4-6-17(26)11-21)7-10-25-14-18(23-15-25)16-5-3-8-22-12-16;5-3(6)1-2-4(7)8/h3,5,8,12,14-15,17,24H,4,6-7,9-10,13H2,1-2H3;1-2H,(H,5,6)(H,7,8)/t17-;/m0./s1. The Morgan fingerprint density at radius 2 is 2.00 bits per heavy atom. The Morgan fingerprint density at radius 3 is 2.60 bits per heavy atom. The number of amides is 1. The summed E-state index contributed by atoms with van der Waals surface area (Å²) in [5.74, 6) is -2.51. The van der Waals surface area contributed by atoms with Crippen LogP contribution in [0.5, 0.6) is 0 Å². The molecule has 1 amide bonds. The van der Waals surface area contributed by atoms with Crippen molar-refractivity contribution in [2.45, 2.75) is 51.2 Å². The number of nitrogens with one attached hydrogen (secondary N) is 1. The van der Waals surface area contributed by atoms with E-state index in [0.29, 0.717) is 18.7 Å². The molecule has 3 rings (SSSR count). The molecule has 1 aliphatic rings. The molecule has 0 spiro atoms. The number of hydrogen-bond acceptors (Lipinski definition) is 7. The minimum atomic E-state index is -1.26. The molecule has 35 heavy (non-hydrogen) atoms. The summed E-state index contributed by atoms with van der Waals surface area (Å²) in [5, 5.41) is 28.1. The van der Waals surface area contributed by atoms with E-state index in [1.54, 1.807) is 17.3 Å². The van der Waals surface area contributed by atoms with Gasteiger partial charge in [-0.2, -0.15) is 5.26 Å². The van der Waals surface area contributed by atoms with Crippen molar-refractivity contribution in [3.05, 3.63) is 49.2 Å². The van der Waals surface area contributed by atoms with Gasteiger partial charge in [0.15, 0.2) is 0 Å². The van der Waals surface area contributed by atoms with Crippen LogP contribution in [0, 0.1) is 11.3 Å². The number of carboxylic acid groups (broad SMARTS) is 2. The van der Waals surface area contributed by atoms with Crippen molar-refractivity contribution in [1.29, 1.82) is 5.26 Å². The lowest BCUT2D eigenvalue weighted by atomic mass is 10.0. The summed E-state index contributed by atoms with van der Waals surface area (Å²) in [7, 11) is 0. The van der Waals surface area contributed by atoms with Crippen LogP contribution in [-0.4, -0.2) is 72.2 Å². The van der Waals surface area contributed by atoms with Gasteiger partial charge in [0.05, 0.1) is 24.6 Å². The third-order valence-corrected chi connectivity index (χ3v) is 5.39. The maximum absolute atomic E-state index is 12.4. The van der Waals surface area contributed by atoms with E-state index >= 15 is 0 Å². The highest BCUT2D eigenvalue weighted by Gasteiger charge is 2.29. The highest BCUT2D eigenvalue weighted by Crippen LogP contribution is 2.18. The van der Waals surface area contributed by atoms with E-state index in [9.17, 15) is 14.4 Å². The van der Waals surface area contributed by atoms with Gasteiger partial charge < -0.3 is 25.0 Å². The normalized spacial score (nSPS) is 15.3. The van der Waals surface area contributed by atoms with Crippen molar-refractivity contribution in [2.24, 2.45) is 0 Å². The number of nitriles is 1. The number of aliphatic carboxylic acids is 2. The van der Waals surface area contributed by atoms with Gasteiger partial charge in [0, 0.05) is 54.9 Å². The van der Waals surface area contributed by atoms with Crippen LogP contribution >= 0.6 is 0 Å². The predicted octanol–water partition coefficient (Wildman–Crippen LogP) is 1.93. The molecule has 2 aromatic heterocycles.